The Morgan fingerprint density at radius 1 is 1.53 bits per heavy atom. The molecule has 0 spiro atoms. The van der Waals surface area contributed by atoms with E-state index in [1.54, 1.807) is 0 Å². The highest BCUT2D eigenvalue weighted by atomic mass is 16.2. The number of rotatable bonds is 4. The Hall–Kier alpha value is -1.54. The molecule has 94 valence electrons. The number of hydrogen-bond donors (Lipinski definition) is 3. The van der Waals surface area contributed by atoms with Gasteiger partial charge in [0.2, 0.25) is 5.91 Å². The highest BCUT2D eigenvalue weighted by molar-refractivity contribution is 5.78. The Balaban J connectivity index is 1.76. The first-order valence-corrected chi connectivity index (χ1v) is 5.71. The van der Waals surface area contributed by atoms with E-state index in [1.165, 1.54) is 0 Å². The third-order valence-electron chi connectivity index (χ3n) is 2.70. The molecule has 0 bridgehead atoms. The van der Waals surface area contributed by atoms with E-state index in [-0.39, 0.29) is 11.9 Å². The SMILES string of the molecule is CC(NC(=O)CN1CCNCC1)c1nn[nH]n1. The first-order valence-electron chi connectivity index (χ1n) is 5.71. The molecule has 0 radical (unpaired) electrons. The number of piperazine rings is 1. The lowest BCUT2D eigenvalue weighted by molar-refractivity contribution is -0.123. The van der Waals surface area contributed by atoms with Gasteiger partial charge in [0, 0.05) is 26.2 Å². The van der Waals surface area contributed by atoms with Crippen LogP contribution in [0.2, 0.25) is 0 Å². The summed E-state index contributed by atoms with van der Waals surface area (Å²) in [6.45, 7) is 5.94. The van der Waals surface area contributed by atoms with Crippen molar-refractivity contribution < 1.29 is 4.79 Å². The first-order chi connectivity index (χ1) is 8.25. The summed E-state index contributed by atoms with van der Waals surface area (Å²) >= 11 is 0. The van der Waals surface area contributed by atoms with E-state index >= 15 is 0 Å². The van der Waals surface area contributed by atoms with Crippen LogP contribution in [0.15, 0.2) is 0 Å². The predicted molar refractivity (Wildman–Crippen MR) is 60.0 cm³/mol. The number of aromatic nitrogens is 4. The summed E-state index contributed by atoms with van der Waals surface area (Å²) < 4.78 is 0. The third-order valence-corrected chi connectivity index (χ3v) is 2.70. The minimum atomic E-state index is -0.218. The van der Waals surface area contributed by atoms with Crippen LogP contribution in [-0.2, 0) is 4.79 Å². The van der Waals surface area contributed by atoms with Crippen LogP contribution >= 0.6 is 0 Å². The molecule has 1 aliphatic heterocycles. The van der Waals surface area contributed by atoms with Crippen molar-refractivity contribution in [1.82, 2.24) is 36.2 Å². The monoisotopic (exact) mass is 239 g/mol. The maximum Gasteiger partial charge on any atom is 0.234 e. The molecule has 1 fully saturated rings. The van der Waals surface area contributed by atoms with Crippen molar-refractivity contribution in [1.29, 1.82) is 0 Å². The van der Waals surface area contributed by atoms with Gasteiger partial charge in [-0.15, -0.1) is 10.2 Å². The number of nitrogens with zero attached hydrogens (tertiary/aromatic N) is 4. The summed E-state index contributed by atoms with van der Waals surface area (Å²) in [5, 5.41) is 19.6. The van der Waals surface area contributed by atoms with Gasteiger partial charge in [0.1, 0.15) is 0 Å². The Kier molecular flexibility index (Phi) is 3.99. The lowest BCUT2D eigenvalue weighted by Crippen LogP contribution is -2.47. The lowest BCUT2D eigenvalue weighted by Gasteiger charge is -2.26. The molecule has 3 N–H and O–H groups in total. The largest absolute Gasteiger partial charge is 0.345 e. The molecule has 17 heavy (non-hydrogen) atoms. The van der Waals surface area contributed by atoms with E-state index in [2.05, 4.69) is 36.2 Å². The highest BCUT2D eigenvalue weighted by Crippen LogP contribution is 2.02. The average molecular weight is 239 g/mol. The Bertz CT molecular complexity index is 346. The van der Waals surface area contributed by atoms with Crippen molar-refractivity contribution in [3.8, 4) is 0 Å². The molecule has 8 nitrogen and oxygen atoms in total. The van der Waals surface area contributed by atoms with Gasteiger partial charge in [0.25, 0.3) is 0 Å². The van der Waals surface area contributed by atoms with Crippen LogP contribution < -0.4 is 10.6 Å². The van der Waals surface area contributed by atoms with E-state index in [4.69, 9.17) is 0 Å². The van der Waals surface area contributed by atoms with Gasteiger partial charge < -0.3 is 10.6 Å². The number of nitrogens with one attached hydrogen (secondary N) is 3. The minimum absolute atomic E-state index is 0.01000. The lowest BCUT2D eigenvalue weighted by atomic mass is 10.3. The van der Waals surface area contributed by atoms with Crippen molar-refractivity contribution in [3.63, 3.8) is 0 Å². The van der Waals surface area contributed by atoms with E-state index in [9.17, 15) is 4.79 Å². The molecule has 0 aliphatic carbocycles. The van der Waals surface area contributed by atoms with Gasteiger partial charge in [0.05, 0.1) is 12.6 Å². The molecular formula is C9H17N7O. The molecular weight excluding hydrogens is 222 g/mol. The minimum Gasteiger partial charge on any atom is -0.345 e. The summed E-state index contributed by atoms with van der Waals surface area (Å²) in [5.74, 6) is 0.489. The molecule has 1 atom stereocenters. The van der Waals surface area contributed by atoms with Crippen LogP contribution in [0.1, 0.15) is 18.8 Å². The molecule has 2 rings (SSSR count). The standard InChI is InChI=1S/C9H17N7O/c1-7(9-12-14-15-13-9)11-8(17)6-16-4-2-10-3-5-16/h7,10H,2-6H2,1H3,(H,11,17)(H,12,13,14,15). The van der Waals surface area contributed by atoms with Crippen molar-refractivity contribution in [2.75, 3.05) is 32.7 Å². The zero-order valence-electron chi connectivity index (χ0n) is 9.81. The van der Waals surface area contributed by atoms with E-state index in [0.29, 0.717) is 12.4 Å². The van der Waals surface area contributed by atoms with Crippen LogP contribution in [0.3, 0.4) is 0 Å². The molecule has 1 aromatic heterocycles. The van der Waals surface area contributed by atoms with E-state index in [0.717, 1.165) is 26.2 Å². The van der Waals surface area contributed by atoms with Crippen LogP contribution in [0.25, 0.3) is 0 Å². The van der Waals surface area contributed by atoms with Crippen molar-refractivity contribution in [2.45, 2.75) is 13.0 Å². The van der Waals surface area contributed by atoms with E-state index < -0.39 is 0 Å². The molecule has 1 aromatic rings. The van der Waals surface area contributed by atoms with Crippen molar-refractivity contribution in [3.05, 3.63) is 5.82 Å². The molecule has 1 amide bonds. The van der Waals surface area contributed by atoms with E-state index in [1.807, 2.05) is 6.92 Å². The quantitative estimate of drug-likeness (QED) is 0.578. The molecule has 8 heteroatoms. The Morgan fingerprint density at radius 2 is 2.29 bits per heavy atom. The summed E-state index contributed by atoms with van der Waals surface area (Å²) in [5.41, 5.74) is 0. The third kappa shape index (κ3) is 3.46. The molecule has 1 unspecified atom stereocenters. The van der Waals surface area contributed by atoms with Gasteiger partial charge >= 0.3 is 0 Å². The first kappa shape index (κ1) is 11.9. The normalized spacial score (nSPS) is 18.9. The number of amides is 1. The number of tetrazole rings is 1. The van der Waals surface area contributed by atoms with Gasteiger partial charge in [-0.3, -0.25) is 9.69 Å². The number of carbonyl (C=O) groups is 1. The Labute approximate surface area is 99.1 Å². The summed E-state index contributed by atoms with van der Waals surface area (Å²) in [6, 6.07) is -0.218. The maximum absolute atomic E-state index is 11.8. The van der Waals surface area contributed by atoms with Crippen LogP contribution in [0.4, 0.5) is 0 Å². The summed E-state index contributed by atoms with van der Waals surface area (Å²) in [4.78, 5) is 13.9. The molecule has 2 heterocycles. The second-order valence-electron chi connectivity index (χ2n) is 4.09. The van der Waals surface area contributed by atoms with Gasteiger partial charge in [-0.25, -0.2) is 0 Å². The molecule has 0 saturated carbocycles. The van der Waals surface area contributed by atoms with Gasteiger partial charge in [-0.05, 0) is 6.92 Å². The number of aromatic amines is 1. The number of carbonyl (C=O) groups excluding carboxylic acids is 1. The fourth-order valence-corrected chi connectivity index (χ4v) is 1.78. The fraction of sp³-hybridized carbons (Fsp3) is 0.778. The zero-order valence-corrected chi connectivity index (χ0v) is 9.81. The Morgan fingerprint density at radius 3 is 2.94 bits per heavy atom. The second-order valence-corrected chi connectivity index (χ2v) is 4.09. The van der Waals surface area contributed by atoms with Crippen LogP contribution in [-0.4, -0.2) is 64.2 Å². The van der Waals surface area contributed by atoms with Crippen molar-refractivity contribution >= 4 is 5.91 Å². The summed E-state index contributed by atoms with van der Waals surface area (Å²) in [7, 11) is 0. The molecule has 1 saturated heterocycles. The zero-order chi connectivity index (χ0) is 12.1. The number of hydrogen-bond acceptors (Lipinski definition) is 6. The average Bonchev–Trinajstić information content (AvgIpc) is 2.83. The second kappa shape index (κ2) is 5.69. The van der Waals surface area contributed by atoms with Crippen molar-refractivity contribution in [2.24, 2.45) is 0 Å². The topological polar surface area (TPSA) is 98.8 Å². The fourth-order valence-electron chi connectivity index (χ4n) is 1.78. The summed E-state index contributed by atoms with van der Waals surface area (Å²) in [6.07, 6.45) is 0. The maximum atomic E-state index is 11.8. The van der Waals surface area contributed by atoms with Gasteiger partial charge in [0.15, 0.2) is 5.82 Å². The molecule has 1 aliphatic rings. The molecule has 0 aromatic carbocycles. The van der Waals surface area contributed by atoms with Gasteiger partial charge in [-0.2, -0.15) is 5.21 Å². The number of H-pyrrole nitrogens is 1. The van der Waals surface area contributed by atoms with Gasteiger partial charge in [-0.1, -0.05) is 5.21 Å². The predicted octanol–water partition coefficient (Wildman–Crippen LogP) is -1.72. The smallest absolute Gasteiger partial charge is 0.234 e. The van der Waals surface area contributed by atoms with Crippen LogP contribution in [0.5, 0.6) is 0 Å². The van der Waals surface area contributed by atoms with Crippen LogP contribution in [0, 0.1) is 0 Å². The highest BCUT2D eigenvalue weighted by Gasteiger charge is 2.17.